The fourth-order valence-electron chi connectivity index (χ4n) is 1.96. The van der Waals surface area contributed by atoms with E-state index in [2.05, 4.69) is 5.32 Å². The molecule has 6 nitrogen and oxygen atoms in total. The Balaban J connectivity index is 2.00. The van der Waals surface area contributed by atoms with Crippen LogP contribution in [0.15, 0.2) is 18.2 Å². The van der Waals surface area contributed by atoms with Crippen LogP contribution < -0.4 is 14.8 Å². The van der Waals surface area contributed by atoms with Gasteiger partial charge in [-0.1, -0.05) is 6.07 Å². The molecule has 1 N–H and O–H groups in total. The summed E-state index contributed by atoms with van der Waals surface area (Å²) in [6.07, 6.45) is 0.654. The minimum atomic E-state index is -0.328. The Labute approximate surface area is 111 Å². The second-order valence-electron chi connectivity index (χ2n) is 4.21. The van der Waals surface area contributed by atoms with E-state index >= 15 is 0 Å². The molecule has 19 heavy (non-hydrogen) atoms. The number of hydrogen-bond acceptors (Lipinski definition) is 4. The van der Waals surface area contributed by atoms with Gasteiger partial charge in [0.25, 0.3) is 0 Å². The van der Waals surface area contributed by atoms with Crippen LogP contribution in [0.1, 0.15) is 5.56 Å². The Morgan fingerprint density at radius 1 is 1.21 bits per heavy atom. The molecule has 6 heteroatoms. The first kappa shape index (κ1) is 13.2. The average Bonchev–Trinajstić information content (AvgIpc) is 2.74. The monoisotopic (exact) mass is 264 g/mol. The minimum absolute atomic E-state index is 0.131. The molecule has 1 aromatic rings. The summed E-state index contributed by atoms with van der Waals surface area (Å²) in [6, 6.07) is 5.28. The first-order chi connectivity index (χ1) is 9.13. The van der Waals surface area contributed by atoms with Gasteiger partial charge in [0.2, 0.25) is 5.91 Å². The molecule has 0 aliphatic carbocycles. The maximum atomic E-state index is 11.4. The largest absolute Gasteiger partial charge is 0.493 e. The predicted octanol–water partition coefficient (Wildman–Crippen LogP) is 0.798. The fourth-order valence-corrected chi connectivity index (χ4v) is 1.96. The summed E-state index contributed by atoms with van der Waals surface area (Å²) in [5, 5.41) is 2.25. The summed E-state index contributed by atoms with van der Waals surface area (Å²) in [7, 11) is 3.16. The van der Waals surface area contributed by atoms with Crippen molar-refractivity contribution in [2.24, 2.45) is 0 Å². The normalized spacial score (nSPS) is 14.5. The minimum Gasteiger partial charge on any atom is -0.493 e. The third-order valence-corrected chi connectivity index (χ3v) is 2.99. The number of carbonyl (C=O) groups excluding carboxylic acids is 2. The molecule has 0 bridgehead atoms. The van der Waals surface area contributed by atoms with Crippen molar-refractivity contribution in [3.63, 3.8) is 0 Å². The summed E-state index contributed by atoms with van der Waals surface area (Å²) in [6.45, 7) is 0.624. The van der Waals surface area contributed by atoms with E-state index < -0.39 is 0 Å². The van der Waals surface area contributed by atoms with Crippen LogP contribution in [0.2, 0.25) is 0 Å². The Morgan fingerprint density at radius 2 is 1.95 bits per heavy atom. The van der Waals surface area contributed by atoms with Gasteiger partial charge in [0.15, 0.2) is 11.5 Å². The molecule has 0 saturated carbocycles. The lowest BCUT2D eigenvalue weighted by atomic mass is 10.1. The lowest BCUT2D eigenvalue weighted by molar-refractivity contribution is -0.118. The van der Waals surface area contributed by atoms with Gasteiger partial charge in [-0.05, 0) is 24.1 Å². The SMILES string of the molecule is COc1ccc(CCN2CC(=O)NC2=O)cc1OC. The van der Waals surface area contributed by atoms with E-state index in [1.165, 1.54) is 4.90 Å². The number of carbonyl (C=O) groups is 2. The number of hydrogen-bond donors (Lipinski definition) is 1. The molecule has 0 unspecified atom stereocenters. The zero-order valence-corrected chi connectivity index (χ0v) is 10.9. The fraction of sp³-hybridized carbons (Fsp3) is 0.385. The van der Waals surface area contributed by atoms with Crippen LogP contribution in [0.5, 0.6) is 11.5 Å². The summed E-state index contributed by atoms with van der Waals surface area (Å²) < 4.78 is 10.4. The summed E-state index contributed by atoms with van der Waals surface area (Å²) in [4.78, 5) is 23.9. The number of urea groups is 1. The average molecular weight is 264 g/mol. The standard InChI is InChI=1S/C13H16N2O4/c1-18-10-4-3-9(7-11(10)19-2)5-6-15-8-12(16)14-13(15)17/h3-4,7H,5-6,8H2,1-2H3,(H,14,16,17). The number of imide groups is 1. The van der Waals surface area contributed by atoms with Gasteiger partial charge in [-0.15, -0.1) is 0 Å². The van der Waals surface area contributed by atoms with Gasteiger partial charge in [-0.25, -0.2) is 4.79 Å². The molecular formula is C13H16N2O4. The van der Waals surface area contributed by atoms with Crippen molar-refractivity contribution in [1.29, 1.82) is 0 Å². The van der Waals surface area contributed by atoms with Gasteiger partial charge in [0, 0.05) is 6.54 Å². The number of amides is 3. The van der Waals surface area contributed by atoms with E-state index in [1.807, 2.05) is 18.2 Å². The number of methoxy groups -OCH3 is 2. The van der Waals surface area contributed by atoms with Crippen molar-refractivity contribution >= 4 is 11.9 Å². The van der Waals surface area contributed by atoms with Crippen molar-refractivity contribution < 1.29 is 19.1 Å². The van der Waals surface area contributed by atoms with Crippen molar-refractivity contribution in [3.8, 4) is 11.5 Å². The molecule has 2 rings (SSSR count). The summed E-state index contributed by atoms with van der Waals surface area (Å²) in [5.41, 5.74) is 1.02. The van der Waals surface area contributed by atoms with E-state index in [0.717, 1.165) is 5.56 Å². The van der Waals surface area contributed by atoms with Gasteiger partial charge >= 0.3 is 6.03 Å². The third kappa shape index (κ3) is 2.96. The zero-order chi connectivity index (χ0) is 13.8. The molecule has 1 aliphatic rings. The van der Waals surface area contributed by atoms with Gasteiger partial charge in [0.05, 0.1) is 14.2 Å². The zero-order valence-electron chi connectivity index (χ0n) is 10.9. The molecule has 1 heterocycles. The maximum absolute atomic E-state index is 11.4. The first-order valence-corrected chi connectivity index (χ1v) is 5.93. The maximum Gasteiger partial charge on any atom is 0.324 e. The Hall–Kier alpha value is -2.24. The Bertz CT molecular complexity index is 501. The second kappa shape index (κ2) is 5.60. The number of ether oxygens (including phenoxy) is 2. The molecule has 102 valence electrons. The molecule has 3 amide bonds. The molecular weight excluding hydrogens is 248 g/mol. The van der Waals surface area contributed by atoms with Crippen molar-refractivity contribution in [1.82, 2.24) is 10.2 Å². The molecule has 1 aliphatic heterocycles. The third-order valence-electron chi connectivity index (χ3n) is 2.99. The molecule has 1 fully saturated rings. The van der Waals surface area contributed by atoms with E-state index in [0.29, 0.717) is 24.5 Å². The van der Waals surface area contributed by atoms with Crippen LogP contribution >= 0.6 is 0 Å². The topological polar surface area (TPSA) is 67.9 Å². The second-order valence-corrected chi connectivity index (χ2v) is 4.21. The van der Waals surface area contributed by atoms with E-state index in [-0.39, 0.29) is 18.5 Å². The summed E-state index contributed by atoms with van der Waals surface area (Å²) >= 11 is 0. The van der Waals surface area contributed by atoms with E-state index in [4.69, 9.17) is 9.47 Å². The van der Waals surface area contributed by atoms with Crippen molar-refractivity contribution in [2.75, 3.05) is 27.3 Å². The number of benzene rings is 1. The Morgan fingerprint density at radius 3 is 2.53 bits per heavy atom. The van der Waals surface area contributed by atoms with Crippen molar-refractivity contribution in [3.05, 3.63) is 23.8 Å². The molecule has 0 atom stereocenters. The molecule has 1 aromatic carbocycles. The van der Waals surface area contributed by atoms with Gasteiger partial charge in [0.1, 0.15) is 6.54 Å². The smallest absolute Gasteiger partial charge is 0.324 e. The van der Waals surface area contributed by atoms with Crippen LogP contribution in [-0.4, -0.2) is 44.1 Å². The molecule has 0 spiro atoms. The van der Waals surface area contributed by atoms with E-state index in [9.17, 15) is 9.59 Å². The highest BCUT2D eigenvalue weighted by Crippen LogP contribution is 2.27. The number of nitrogens with one attached hydrogen (secondary N) is 1. The van der Waals surface area contributed by atoms with Crippen LogP contribution in [0.25, 0.3) is 0 Å². The van der Waals surface area contributed by atoms with Crippen LogP contribution in [-0.2, 0) is 11.2 Å². The quantitative estimate of drug-likeness (QED) is 0.799. The Kier molecular flexibility index (Phi) is 3.89. The van der Waals surface area contributed by atoms with Crippen LogP contribution in [0, 0.1) is 0 Å². The highest BCUT2D eigenvalue weighted by molar-refractivity contribution is 6.01. The van der Waals surface area contributed by atoms with Gasteiger partial charge in [-0.2, -0.15) is 0 Å². The van der Waals surface area contributed by atoms with Gasteiger partial charge < -0.3 is 14.4 Å². The number of nitrogens with zero attached hydrogens (tertiary/aromatic N) is 1. The molecule has 0 radical (unpaired) electrons. The first-order valence-electron chi connectivity index (χ1n) is 5.93. The van der Waals surface area contributed by atoms with Gasteiger partial charge in [-0.3, -0.25) is 10.1 Å². The molecule has 1 saturated heterocycles. The number of rotatable bonds is 5. The lowest BCUT2D eigenvalue weighted by Gasteiger charge is -2.14. The van der Waals surface area contributed by atoms with Crippen molar-refractivity contribution in [2.45, 2.75) is 6.42 Å². The highest BCUT2D eigenvalue weighted by atomic mass is 16.5. The predicted molar refractivity (Wildman–Crippen MR) is 68.4 cm³/mol. The molecule has 0 aromatic heterocycles. The van der Waals surface area contributed by atoms with Crippen LogP contribution in [0.3, 0.4) is 0 Å². The summed E-state index contributed by atoms with van der Waals surface area (Å²) in [5.74, 6) is 1.07. The van der Waals surface area contributed by atoms with Crippen LogP contribution in [0.4, 0.5) is 4.79 Å². The highest BCUT2D eigenvalue weighted by Gasteiger charge is 2.25. The lowest BCUT2D eigenvalue weighted by Crippen LogP contribution is -2.30. The van der Waals surface area contributed by atoms with E-state index in [1.54, 1.807) is 14.2 Å².